The van der Waals surface area contributed by atoms with Crippen molar-refractivity contribution >= 4 is 11.8 Å². The summed E-state index contributed by atoms with van der Waals surface area (Å²) in [4.78, 5) is 24.0. The fourth-order valence-electron chi connectivity index (χ4n) is 0.676. The van der Waals surface area contributed by atoms with Crippen molar-refractivity contribution in [2.45, 2.75) is 25.8 Å². The Labute approximate surface area is 84.6 Å². The van der Waals surface area contributed by atoms with E-state index >= 15 is 0 Å². The summed E-state index contributed by atoms with van der Waals surface area (Å²) in [5.74, 6) is -0.444. The van der Waals surface area contributed by atoms with Crippen LogP contribution in [0.25, 0.3) is 0 Å². The molecule has 0 aliphatic heterocycles. The zero-order chi connectivity index (χ0) is 11.4. The molecule has 5 nitrogen and oxygen atoms in total. The average molecular weight is 201 g/mol. The topological polar surface area (TPSA) is 75.4 Å². The number of nitrogens with one attached hydrogen (secondary N) is 1. The fraction of sp³-hybridized carbons (Fsp3) is 0.778. The third-order valence-corrected chi connectivity index (χ3v) is 2.15. The van der Waals surface area contributed by atoms with E-state index in [-0.39, 0.29) is 18.4 Å². The lowest BCUT2D eigenvalue weighted by Gasteiger charge is -2.21. The van der Waals surface area contributed by atoms with Crippen LogP contribution in [-0.2, 0) is 9.59 Å². The zero-order valence-corrected chi connectivity index (χ0v) is 9.26. The minimum Gasteiger partial charge on any atom is -0.347 e. The maximum atomic E-state index is 11.4. The van der Waals surface area contributed by atoms with E-state index in [9.17, 15) is 9.59 Å². The third-order valence-electron chi connectivity index (χ3n) is 2.15. The van der Waals surface area contributed by atoms with Gasteiger partial charge in [-0.2, -0.15) is 0 Å². The standard InChI is InChI=1S/C9H19N3O2/c1-5-9(2,10)8(14)11-6-7(13)12(3)4/h5-6,10H2,1-4H3,(H,11,14). The SMILES string of the molecule is CCC(C)(N)C(=O)NCC(=O)N(C)C. The molecule has 14 heavy (non-hydrogen) atoms. The van der Waals surface area contributed by atoms with Gasteiger partial charge in [0.2, 0.25) is 11.8 Å². The van der Waals surface area contributed by atoms with Crippen molar-refractivity contribution in [3.8, 4) is 0 Å². The van der Waals surface area contributed by atoms with Crippen molar-refractivity contribution in [2.24, 2.45) is 5.73 Å². The van der Waals surface area contributed by atoms with Gasteiger partial charge in [-0.05, 0) is 13.3 Å². The van der Waals surface area contributed by atoms with Crippen molar-refractivity contribution in [3.63, 3.8) is 0 Å². The van der Waals surface area contributed by atoms with Crippen LogP contribution in [0, 0.1) is 0 Å². The van der Waals surface area contributed by atoms with Gasteiger partial charge in [0.1, 0.15) is 0 Å². The van der Waals surface area contributed by atoms with Crippen LogP contribution in [0.4, 0.5) is 0 Å². The zero-order valence-electron chi connectivity index (χ0n) is 9.26. The molecule has 0 aromatic carbocycles. The summed E-state index contributed by atoms with van der Waals surface area (Å²) in [6.45, 7) is 3.47. The van der Waals surface area contributed by atoms with Gasteiger partial charge in [0.05, 0.1) is 12.1 Å². The van der Waals surface area contributed by atoms with Crippen molar-refractivity contribution < 1.29 is 9.59 Å². The van der Waals surface area contributed by atoms with Gasteiger partial charge in [-0.15, -0.1) is 0 Å². The van der Waals surface area contributed by atoms with E-state index in [1.54, 1.807) is 21.0 Å². The molecule has 1 unspecified atom stereocenters. The fourth-order valence-corrected chi connectivity index (χ4v) is 0.676. The Morgan fingerprint density at radius 3 is 2.29 bits per heavy atom. The van der Waals surface area contributed by atoms with Gasteiger partial charge in [-0.3, -0.25) is 9.59 Å². The first-order chi connectivity index (χ1) is 6.31. The molecule has 1 atom stereocenters. The number of hydrogen-bond acceptors (Lipinski definition) is 3. The first-order valence-corrected chi connectivity index (χ1v) is 4.58. The van der Waals surface area contributed by atoms with Gasteiger partial charge in [0.25, 0.3) is 0 Å². The number of carbonyl (C=O) groups is 2. The largest absolute Gasteiger partial charge is 0.347 e. The molecule has 3 N–H and O–H groups in total. The molecule has 0 aliphatic rings. The van der Waals surface area contributed by atoms with Gasteiger partial charge >= 0.3 is 0 Å². The number of carbonyl (C=O) groups excluding carboxylic acids is 2. The minimum absolute atomic E-state index is 0.00137. The first-order valence-electron chi connectivity index (χ1n) is 4.58. The highest BCUT2D eigenvalue weighted by molar-refractivity contribution is 5.89. The quantitative estimate of drug-likeness (QED) is 0.632. The Morgan fingerprint density at radius 1 is 1.43 bits per heavy atom. The Morgan fingerprint density at radius 2 is 1.93 bits per heavy atom. The Balaban J connectivity index is 4.04. The van der Waals surface area contributed by atoms with Crippen LogP contribution in [0.15, 0.2) is 0 Å². The molecule has 0 rings (SSSR count). The molecule has 0 aromatic rings. The second-order valence-electron chi connectivity index (χ2n) is 3.74. The number of nitrogens with two attached hydrogens (primary N) is 1. The molecule has 0 saturated heterocycles. The van der Waals surface area contributed by atoms with Crippen molar-refractivity contribution in [2.75, 3.05) is 20.6 Å². The molecular formula is C9H19N3O2. The molecule has 0 fully saturated rings. The smallest absolute Gasteiger partial charge is 0.241 e. The molecule has 0 aliphatic carbocycles. The molecule has 0 saturated carbocycles. The monoisotopic (exact) mass is 201 g/mol. The number of nitrogens with zero attached hydrogens (tertiary/aromatic N) is 1. The molecule has 0 radical (unpaired) electrons. The second kappa shape index (κ2) is 4.95. The average Bonchev–Trinajstić information content (AvgIpc) is 2.13. The molecule has 5 heteroatoms. The summed E-state index contributed by atoms with van der Waals surface area (Å²) in [5.41, 5.74) is 4.79. The summed E-state index contributed by atoms with van der Waals surface area (Å²) in [6.07, 6.45) is 0.537. The predicted octanol–water partition coefficient (Wildman–Crippen LogP) is -0.682. The van der Waals surface area contributed by atoms with Crippen molar-refractivity contribution in [3.05, 3.63) is 0 Å². The Kier molecular flexibility index (Phi) is 4.56. The lowest BCUT2D eigenvalue weighted by atomic mass is 10.00. The third kappa shape index (κ3) is 3.74. The van der Waals surface area contributed by atoms with Crippen molar-refractivity contribution in [1.82, 2.24) is 10.2 Å². The Bertz CT molecular complexity index is 224. The van der Waals surface area contributed by atoms with Crippen LogP contribution in [-0.4, -0.2) is 42.9 Å². The van der Waals surface area contributed by atoms with E-state index in [2.05, 4.69) is 5.32 Å². The highest BCUT2D eigenvalue weighted by atomic mass is 16.2. The summed E-state index contributed by atoms with van der Waals surface area (Å²) < 4.78 is 0. The lowest BCUT2D eigenvalue weighted by Crippen LogP contribution is -2.52. The summed E-state index contributed by atoms with van der Waals surface area (Å²) in [7, 11) is 3.27. The minimum atomic E-state index is -0.896. The molecule has 82 valence electrons. The van der Waals surface area contributed by atoms with E-state index in [4.69, 9.17) is 5.73 Å². The van der Waals surface area contributed by atoms with E-state index in [0.717, 1.165) is 0 Å². The number of amides is 2. The van der Waals surface area contributed by atoms with Gasteiger partial charge in [0, 0.05) is 14.1 Å². The van der Waals surface area contributed by atoms with E-state index < -0.39 is 5.54 Å². The van der Waals surface area contributed by atoms with Crippen LogP contribution < -0.4 is 11.1 Å². The van der Waals surface area contributed by atoms with Crippen LogP contribution in [0.1, 0.15) is 20.3 Å². The normalized spacial score (nSPS) is 14.4. The molecule has 2 amide bonds. The highest BCUT2D eigenvalue weighted by Gasteiger charge is 2.25. The van der Waals surface area contributed by atoms with Crippen molar-refractivity contribution in [1.29, 1.82) is 0 Å². The number of rotatable bonds is 4. The van der Waals surface area contributed by atoms with E-state index in [1.165, 1.54) is 4.90 Å². The van der Waals surface area contributed by atoms with E-state index in [1.807, 2.05) is 6.92 Å². The van der Waals surface area contributed by atoms with Crippen LogP contribution in [0.5, 0.6) is 0 Å². The van der Waals surface area contributed by atoms with Crippen LogP contribution >= 0.6 is 0 Å². The van der Waals surface area contributed by atoms with Crippen LogP contribution in [0.2, 0.25) is 0 Å². The van der Waals surface area contributed by atoms with Crippen LogP contribution in [0.3, 0.4) is 0 Å². The van der Waals surface area contributed by atoms with Gasteiger partial charge in [0.15, 0.2) is 0 Å². The maximum absolute atomic E-state index is 11.4. The molecule has 0 aromatic heterocycles. The van der Waals surface area contributed by atoms with Gasteiger partial charge in [-0.25, -0.2) is 0 Å². The van der Waals surface area contributed by atoms with E-state index in [0.29, 0.717) is 6.42 Å². The highest BCUT2D eigenvalue weighted by Crippen LogP contribution is 2.03. The maximum Gasteiger partial charge on any atom is 0.241 e. The molecular weight excluding hydrogens is 182 g/mol. The summed E-state index contributed by atoms with van der Waals surface area (Å²) >= 11 is 0. The summed E-state index contributed by atoms with van der Waals surface area (Å²) in [5, 5.41) is 2.50. The number of likely N-dealkylation sites (N-methyl/N-ethyl adjacent to an activating group) is 1. The summed E-state index contributed by atoms with van der Waals surface area (Å²) in [6, 6.07) is 0. The Hall–Kier alpha value is -1.10. The van der Waals surface area contributed by atoms with Gasteiger partial charge < -0.3 is 16.0 Å². The molecule has 0 heterocycles. The predicted molar refractivity (Wildman–Crippen MR) is 54.6 cm³/mol. The lowest BCUT2D eigenvalue weighted by molar-refractivity contribution is -0.132. The molecule has 0 spiro atoms. The first kappa shape index (κ1) is 12.9. The van der Waals surface area contributed by atoms with Gasteiger partial charge in [-0.1, -0.05) is 6.92 Å². The second-order valence-corrected chi connectivity index (χ2v) is 3.74. The molecule has 0 bridgehead atoms. The number of hydrogen-bond donors (Lipinski definition) is 2.